The maximum Gasteiger partial charge on any atom is 0.155 e. The number of hydrogen-bond acceptors (Lipinski definition) is 3. The number of rotatable bonds is 2. The Morgan fingerprint density at radius 2 is 1.83 bits per heavy atom. The van der Waals surface area contributed by atoms with Crippen LogP contribution in [0.25, 0.3) is 22.4 Å². The summed E-state index contributed by atoms with van der Waals surface area (Å²) in [5.74, 6) is -0.0625. The molecule has 1 heterocycles. The van der Waals surface area contributed by atoms with Gasteiger partial charge in [0.15, 0.2) is 5.78 Å². The third kappa shape index (κ3) is 5.73. The Bertz CT molecular complexity index is 781. The molecule has 3 nitrogen and oxygen atoms in total. The molecule has 0 fully saturated rings. The van der Waals surface area contributed by atoms with Crippen LogP contribution in [0.3, 0.4) is 0 Å². The fraction of sp³-hybridized carbons (Fsp3) is 0.100. The van der Waals surface area contributed by atoms with E-state index in [9.17, 15) is 4.79 Å². The van der Waals surface area contributed by atoms with Gasteiger partial charge >= 0.3 is 0 Å². The van der Waals surface area contributed by atoms with Crippen LogP contribution in [-0.2, 0) is 24.9 Å². The van der Waals surface area contributed by atoms with Gasteiger partial charge < -0.3 is 10.1 Å². The summed E-state index contributed by atoms with van der Waals surface area (Å²) in [6.45, 7) is 2.85. The van der Waals surface area contributed by atoms with Crippen molar-refractivity contribution in [2.45, 2.75) is 13.8 Å². The first-order valence-electron chi connectivity index (χ1n) is 7.26. The van der Waals surface area contributed by atoms with Crippen LogP contribution in [0, 0.1) is 6.07 Å². The summed E-state index contributed by atoms with van der Waals surface area (Å²) >= 11 is 0. The Morgan fingerprint density at radius 1 is 1.08 bits per heavy atom. The summed E-state index contributed by atoms with van der Waals surface area (Å²) in [5, 5.41) is 8.36. The Hall–Kier alpha value is -2.29. The molecular formula is C20H18IrNO2-. The minimum absolute atomic E-state index is 0. The Labute approximate surface area is 155 Å². The second-order valence-corrected chi connectivity index (χ2v) is 5.05. The Balaban J connectivity index is 0.000000312. The third-order valence-corrected chi connectivity index (χ3v) is 3.05. The first-order chi connectivity index (χ1) is 11.1. The molecule has 3 rings (SSSR count). The van der Waals surface area contributed by atoms with Crippen LogP contribution in [0.4, 0.5) is 0 Å². The summed E-state index contributed by atoms with van der Waals surface area (Å²) in [5.41, 5.74) is 4.45. The van der Waals surface area contributed by atoms with Gasteiger partial charge in [0, 0.05) is 32.4 Å². The molecule has 0 aliphatic heterocycles. The number of carbonyl (C=O) groups excluding carboxylic acids is 1. The van der Waals surface area contributed by atoms with Crippen molar-refractivity contribution >= 4 is 5.78 Å². The summed E-state index contributed by atoms with van der Waals surface area (Å²) in [6, 6.07) is 21.5. The minimum Gasteiger partial charge on any atom is -0.512 e. The van der Waals surface area contributed by atoms with E-state index in [1.54, 1.807) is 0 Å². The number of pyridine rings is 1. The van der Waals surface area contributed by atoms with E-state index in [4.69, 9.17) is 5.11 Å². The average Bonchev–Trinajstić information content (AvgIpc) is 2.87. The van der Waals surface area contributed by atoms with E-state index < -0.39 is 0 Å². The van der Waals surface area contributed by atoms with Crippen molar-refractivity contribution in [1.82, 2.24) is 4.98 Å². The van der Waals surface area contributed by atoms with Gasteiger partial charge in [0.25, 0.3) is 0 Å². The fourth-order valence-corrected chi connectivity index (χ4v) is 2.18. The van der Waals surface area contributed by atoms with Gasteiger partial charge in [-0.15, -0.1) is 29.8 Å². The monoisotopic (exact) mass is 497 g/mol. The van der Waals surface area contributed by atoms with Crippen LogP contribution >= 0.6 is 0 Å². The van der Waals surface area contributed by atoms with Gasteiger partial charge in [-0.1, -0.05) is 41.5 Å². The number of aliphatic hydroxyl groups is 1. The van der Waals surface area contributed by atoms with Crippen LogP contribution < -0.4 is 0 Å². The van der Waals surface area contributed by atoms with Crippen molar-refractivity contribution in [1.29, 1.82) is 0 Å². The van der Waals surface area contributed by atoms with E-state index in [0.29, 0.717) is 0 Å². The minimum atomic E-state index is -0.125. The maximum absolute atomic E-state index is 10.0. The molecule has 4 heteroatoms. The molecule has 0 saturated carbocycles. The van der Waals surface area contributed by atoms with Gasteiger partial charge in [-0.3, -0.25) is 4.79 Å². The zero-order valence-corrected chi connectivity index (χ0v) is 15.9. The van der Waals surface area contributed by atoms with E-state index in [0.717, 1.165) is 11.3 Å². The zero-order chi connectivity index (χ0) is 16.7. The van der Waals surface area contributed by atoms with Crippen LogP contribution in [0.15, 0.2) is 72.6 Å². The van der Waals surface area contributed by atoms with Gasteiger partial charge in [-0.05, 0) is 25.6 Å². The van der Waals surface area contributed by atoms with Crippen molar-refractivity contribution in [2.24, 2.45) is 0 Å². The average molecular weight is 497 g/mol. The summed E-state index contributed by atoms with van der Waals surface area (Å²) in [4.78, 5) is 14.4. The van der Waals surface area contributed by atoms with Crippen molar-refractivity contribution < 1.29 is 30.0 Å². The van der Waals surface area contributed by atoms with Gasteiger partial charge in [-0.2, -0.15) is 0 Å². The quantitative estimate of drug-likeness (QED) is 0.318. The molecule has 1 aromatic rings. The molecule has 0 unspecified atom stereocenters. The van der Waals surface area contributed by atoms with Crippen LogP contribution in [-0.4, -0.2) is 15.9 Å². The van der Waals surface area contributed by atoms with Gasteiger partial charge in [0.05, 0.1) is 5.76 Å². The second kappa shape index (κ2) is 9.76. The van der Waals surface area contributed by atoms with E-state index in [-0.39, 0.29) is 31.6 Å². The number of nitrogens with zero attached hydrogens (tertiary/aromatic N) is 1. The predicted octanol–water partition coefficient (Wildman–Crippen LogP) is 4.69. The molecular weight excluding hydrogens is 478 g/mol. The van der Waals surface area contributed by atoms with Crippen molar-refractivity contribution in [3.63, 3.8) is 0 Å². The maximum atomic E-state index is 10.0. The normalized spacial score (nSPS) is 10.3. The number of allylic oxidation sites excluding steroid dienone is 2. The molecule has 0 aromatic carbocycles. The van der Waals surface area contributed by atoms with E-state index in [1.165, 1.54) is 31.1 Å². The third-order valence-electron chi connectivity index (χ3n) is 3.05. The molecule has 2 aliphatic carbocycles. The number of ketones is 1. The molecule has 24 heavy (non-hydrogen) atoms. The number of fused-ring (bicyclic) bond motifs is 1. The molecule has 1 aromatic heterocycles. The topological polar surface area (TPSA) is 50.2 Å². The van der Waals surface area contributed by atoms with E-state index >= 15 is 0 Å². The van der Waals surface area contributed by atoms with Gasteiger partial charge in [0.1, 0.15) is 0 Å². The van der Waals surface area contributed by atoms with Crippen LogP contribution in [0.5, 0.6) is 0 Å². The molecule has 0 bridgehead atoms. The van der Waals surface area contributed by atoms with E-state index in [2.05, 4.69) is 35.3 Å². The van der Waals surface area contributed by atoms with Crippen LogP contribution in [0.2, 0.25) is 0 Å². The SMILES string of the molecule is CC(=O)/C=C(/C)O.[Ir].[c-]1cccc2cccc-2c1-c1ccccn1. The molecule has 0 saturated heterocycles. The number of carbonyl (C=O) groups is 1. The standard InChI is InChI=1S/C15H10N.C5H8O2.Ir/c1-2-8-14(15-10-3-4-11-16-15)13-9-5-7-12(13)6-1;1-4(6)3-5(2)7;/h1-7,9-11H;3,6H,1-2H3;/q-1;;/b;4-3-;. The molecule has 2 aliphatic rings. The Kier molecular flexibility index (Phi) is 8.03. The van der Waals surface area contributed by atoms with E-state index in [1.807, 2.05) is 36.5 Å². The summed E-state index contributed by atoms with van der Waals surface area (Å²) in [6.07, 6.45) is 2.98. The first kappa shape index (κ1) is 19.8. The summed E-state index contributed by atoms with van der Waals surface area (Å²) in [7, 11) is 0. The molecule has 0 spiro atoms. The Morgan fingerprint density at radius 3 is 2.42 bits per heavy atom. The summed E-state index contributed by atoms with van der Waals surface area (Å²) < 4.78 is 0. The molecule has 125 valence electrons. The number of hydrogen-bond donors (Lipinski definition) is 1. The first-order valence-corrected chi connectivity index (χ1v) is 7.26. The smallest absolute Gasteiger partial charge is 0.155 e. The number of aliphatic hydroxyl groups excluding tert-OH is 1. The zero-order valence-electron chi connectivity index (χ0n) is 13.5. The largest absolute Gasteiger partial charge is 0.512 e. The van der Waals surface area contributed by atoms with Gasteiger partial charge in [0.2, 0.25) is 0 Å². The van der Waals surface area contributed by atoms with Gasteiger partial charge in [-0.25, -0.2) is 0 Å². The predicted molar refractivity (Wildman–Crippen MR) is 92.2 cm³/mol. The fourth-order valence-electron chi connectivity index (χ4n) is 2.18. The molecule has 0 amide bonds. The molecule has 0 atom stereocenters. The van der Waals surface area contributed by atoms with Crippen molar-refractivity contribution in [3.05, 3.63) is 78.7 Å². The second-order valence-electron chi connectivity index (χ2n) is 5.05. The van der Waals surface area contributed by atoms with Crippen LogP contribution in [0.1, 0.15) is 13.8 Å². The molecule has 1 N–H and O–H groups in total. The van der Waals surface area contributed by atoms with Crippen molar-refractivity contribution in [3.8, 4) is 22.4 Å². The number of aromatic nitrogens is 1. The molecule has 1 radical (unpaired) electrons. The van der Waals surface area contributed by atoms with Crippen molar-refractivity contribution in [2.75, 3.05) is 0 Å².